The van der Waals surface area contributed by atoms with Crippen molar-refractivity contribution in [2.45, 2.75) is 156 Å². The Labute approximate surface area is 259 Å². The Kier molecular flexibility index (Phi) is 7.15. The summed E-state index contributed by atoms with van der Waals surface area (Å²) in [5, 5.41) is 0. The van der Waals surface area contributed by atoms with Crippen LogP contribution in [0.3, 0.4) is 0 Å². The first kappa shape index (κ1) is 31.8. The Balaban J connectivity index is 1.39. The van der Waals surface area contributed by atoms with Crippen molar-refractivity contribution in [3.63, 3.8) is 0 Å². The fourth-order valence-corrected chi connectivity index (χ4v) is 13.1. The lowest BCUT2D eigenvalue weighted by atomic mass is 9.41. The van der Waals surface area contributed by atoms with E-state index in [1.807, 2.05) is 7.11 Å². The molecule has 0 radical (unpaired) electrons. The summed E-state index contributed by atoms with van der Waals surface area (Å²) in [4.78, 5) is 24.8. The summed E-state index contributed by atoms with van der Waals surface area (Å²) in [6.45, 7) is 19.3. The van der Waals surface area contributed by atoms with Gasteiger partial charge < -0.3 is 23.7 Å². The standard InChI is InChI=1S/C36H58O7/c1-21(37)41-23-18-25-33(8)19-24(39-10)29(34(9)14-12-27(43-34)31(5,6)40-11)32(33,7)16-17-35(25)20-36(35)15-13-26(42-22(2)38)30(3,4)28(23)36/h23-29H,12-20H2,1-11H3/t23-,24-,25-,26-,27-,28-,29-,32+,33-,34+,35-,36+/m0/s1. The molecule has 0 aromatic heterocycles. The minimum atomic E-state index is -0.340. The normalized spacial score (nSPS) is 51.5. The predicted molar refractivity (Wildman–Crippen MR) is 163 cm³/mol. The maximum Gasteiger partial charge on any atom is 0.302 e. The van der Waals surface area contributed by atoms with Crippen molar-refractivity contribution in [3.8, 4) is 0 Å². The van der Waals surface area contributed by atoms with E-state index in [0.717, 1.165) is 44.9 Å². The molecule has 2 spiro atoms. The van der Waals surface area contributed by atoms with Crippen LogP contribution >= 0.6 is 0 Å². The van der Waals surface area contributed by atoms with Gasteiger partial charge in [0.05, 0.1) is 23.4 Å². The molecule has 12 atom stereocenters. The number of esters is 2. The van der Waals surface area contributed by atoms with Gasteiger partial charge in [-0.05, 0) is 106 Å². The molecule has 0 unspecified atom stereocenters. The van der Waals surface area contributed by atoms with Gasteiger partial charge in [0.2, 0.25) is 0 Å². The minimum absolute atomic E-state index is 0.0154. The first-order valence-electron chi connectivity index (χ1n) is 17.0. The molecule has 0 aromatic carbocycles. The summed E-state index contributed by atoms with van der Waals surface area (Å²) in [6, 6.07) is 0. The Morgan fingerprint density at radius 1 is 0.791 bits per heavy atom. The highest BCUT2D eigenvalue weighted by Crippen LogP contribution is 2.89. The number of methoxy groups -OCH3 is 2. The van der Waals surface area contributed by atoms with Crippen molar-refractivity contribution in [3.05, 3.63) is 0 Å². The molecular formula is C36H58O7. The third-order valence-corrected chi connectivity index (χ3v) is 15.1. The molecule has 6 fully saturated rings. The molecule has 0 N–H and O–H groups in total. The molecule has 6 rings (SSSR count). The lowest BCUT2D eigenvalue weighted by Gasteiger charge is -2.64. The van der Waals surface area contributed by atoms with Crippen molar-refractivity contribution in [2.24, 2.45) is 44.8 Å². The Bertz CT molecular complexity index is 1160. The second-order valence-corrected chi connectivity index (χ2v) is 17.4. The van der Waals surface area contributed by atoms with Gasteiger partial charge in [-0.3, -0.25) is 9.59 Å². The van der Waals surface area contributed by atoms with Gasteiger partial charge in [0.25, 0.3) is 0 Å². The van der Waals surface area contributed by atoms with Gasteiger partial charge in [-0.1, -0.05) is 27.7 Å². The summed E-state index contributed by atoms with van der Waals surface area (Å²) in [5.74, 6) is 0.439. The van der Waals surface area contributed by atoms with E-state index in [1.165, 1.54) is 19.8 Å². The van der Waals surface area contributed by atoms with Gasteiger partial charge in [0.15, 0.2) is 0 Å². The van der Waals surface area contributed by atoms with E-state index in [1.54, 1.807) is 14.0 Å². The number of hydrogen-bond acceptors (Lipinski definition) is 7. The zero-order chi connectivity index (χ0) is 31.6. The predicted octanol–water partition coefficient (Wildman–Crippen LogP) is 6.89. The van der Waals surface area contributed by atoms with Gasteiger partial charge >= 0.3 is 11.9 Å². The smallest absolute Gasteiger partial charge is 0.302 e. The van der Waals surface area contributed by atoms with Crippen molar-refractivity contribution < 1.29 is 33.3 Å². The maximum absolute atomic E-state index is 12.7. The Hall–Kier alpha value is -1.18. The van der Waals surface area contributed by atoms with Crippen LogP contribution in [0.5, 0.6) is 0 Å². The van der Waals surface area contributed by atoms with Crippen LogP contribution in [-0.4, -0.2) is 61.8 Å². The topological polar surface area (TPSA) is 80.3 Å². The van der Waals surface area contributed by atoms with Gasteiger partial charge in [-0.15, -0.1) is 0 Å². The highest BCUT2D eigenvalue weighted by Gasteiger charge is 2.85. The molecule has 7 nitrogen and oxygen atoms in total. The minimum Gasteiger partial charge on any atom is -0.462 e. The molecule has 0 bridgehead atoms. The average Bonchev–Trinajstić information content (AvgIpc) is 3.25. The molecule has 5 aliphatic carbocycles. The van der Waals surface area contributed by atoms with E-state index >= 15 is 0 Å². The van der Waals surface area contributed by atoms with Crippen LogP contribution in [0.1, 0.15) is 120 Å². The van der Waals surface area contributed by atoms with Crippen LogP contribution in [0, 0.1) is 44.8 Å². The molecule has 1 aliphatic heterocycles. The van der Waals surface area contributed by atoms with Crippen molar-refractivity contribution in [1.82, 2.24) is 0 Å². The van der Waals surface area contributed by atoms with Crippen molar-refractivity contribution >= 4 is 11.9 Å². The molecule has 0 aromatic rings. The van der Waals surface area contributed by atoms with Gasteiger partial charge in [0, 0.05) is 45.3 Å². The van der Waals surface area contributed by atoms with Gasteiger partial charge in [-0.2, -0.15) is 0 Å². The molecule has 244 valence electrons. The molecule has 7 heteroatoms. The quantitative estimate of drug-likeness (QED) is 0.307. The average molecular weight is 603 g/mol. The lowest BCUT2D eigenvalue weighted by Crippen LogP contribution is -2.63. The Morgan fingerprint density at radius 2 is 1.47 bits per heavy atom. The highest BCUT2D eigenvalue weighted by atomic mass is 16.6. The summed E-state index contributed by atoms with van der Waals surface area (Å²) in [7, 11) is 3.68. The van der Waals surface area contributed by atoms with Crippen LogP contribution in [0.25, 0.3) is 0 Å². The number of carbonyl (C=O) groups excluding carboxylic acids is 2. The molecule has 1 heterocycles. The fraction of sp³-hybridized carbons (Fsp3) is 0.944. The van der Waals surface area contributed by atoms with Gasteiger partial charge in [0.1, 0.15) is 12.2 Å². The number of ether oxygens (including phenoxy) is 5. The molecule has 6 aliphatic rings. The second kappa shape index (κ2) is 9.67. The van der Waals surface area contributed by atoms with Crippen LogP contribution < -0.4 is 0 Å². The van der Waals surface area contributed by atoms with E-state index in [0.29, 0.717) is 5.92 Å². The largest absolute Gasteiger partial charge is 0.462 e. The van der Waals surface area contributed by atoms with Crippen LogP contribution in [0.15, 0.2) is 0 Å². The molecule has 0 amide bonds. The zero-order valence-corrected chi connectivity index (χ0v) is 28.8. The molecule has 43 heavy (non-hydrogen) atoms. The first-order chi connectivity index (χ1) is 19.9. The first-order valence-corrected chi connectivity index (χ1v) is 17.0. The third-order valence-electron chi connectivity index (χ3n) is 15.1. The zero-order valence-electron chi connectivity index (χ0n) is 28.8. The Morgan fingerprint density at radius 3 is 2.07 bits per heavy atom. The summed E-state index contributed by atoms with van der Waals surface area (Å²) >= 11 is 0. The van der Waals surface area contributed by atoms with E-state index in [-0.39, 0.29) is 86.5 Å². The van der Waals surface area contributed by atoms with E-state index in [2.05, 4.69) is 48.5 Å². The van der Waals surface area contributed by atoms with E-state index in [4.69, 9.17) is 23.7 Å². The molecular weight excluding hydrogens is 544 g/mol. The number of hydrogen-bond donors (Lipinski definition) is 0. The third kappa shape index (κ3) is 4.08. The monoisotopic (exact) mass is 602 g/mol. The molecule has 1 saturated heterocycles. The fourth-order valence-electron chi connectivity index (χ4n) is 13.1. The maximum atomic E-state index is 12.7. The van der Waals surface area contributed by atoms with E-state index < -0.39 is 0 Å². The van der Waals surface area contributed by atoms with E-state index in [9.17, 15) is 9.59 Å². The lowest BCUT2D eigenvalue weighted by molar-refractivity contribution is -0.224. The molecule has 5 saturated carbocycles. The van der Waals surface area contributed by atoms with Crippen LogP contribution in [-0.2, 0) is 33.3 Å². The van der Waals surface area contributed by atoms with Crippen molar-refractivity contribution in [2.75, 3.05) is 14.2 Å². The summed E-state index contributed by atoms with van der Waals surface area (Å²) in [5.41, 5.74) is -0.534. The number of fused-ring (bicyclic) bond motifs is 2. The van der Waals surface area contributed by atoms with Crippen LogP contribution in [0.4, 0.5) is 0 Å². The van der Waals surface area contributed by atoms with Gasteiger partial charge in [-0.25, -0.2) is 0 Å². The summed E-state index contributed by atoms with van der Waals surface area (Å²) in [6.07, 6.45) is 9.13. The SMILES string of the molecule is CO[C@H]1C[C@@]2(C)[C@@H]3C[C@H](OC(C)=O)[C@H]4C(C)(C)[C@@H](OC(C)=O)CC[C@@]45C[C@@]35CC[C@]2(C)[C@H]1[C@@]1(C)CC[C@@H](C(C)(C)OC)O1. The number of carbonyl (C=O) groups is 2. The second-order valence-electron chi connectivity index (χ2n) is 17.4. The summed E-state index contributed by atoms with van der Waals surface area (Å²) < 4.78 is 31.7. The highest BCUT2D eigenvalue weighted by molar-refractivity contribution is 5.67. The van der Waals surface area contributed by atoms with Crippen LogP contribution in [0.2, 0.25) is 0 Å². The van der Waals surface area contributed by atoms with Crippen molar-refractivity contribution in [1.29, 1.82) is 0 Å². The number of rotatable bonds is 6.